The van der Waals surface area contributed by atoms with Crippen molar-refractivity contribution in [3.05, 3.63) is 29.8 Å². The Morgan fingerprint density at radius 3 is 2.21 bits per heavy atom. The van der Waals surface area contributed by atoms with Gasteiger partial charge in [-0.3, -0.25) is 9.10 Å². The van der Waals surface area contributed by atoms with Crippen molar-refractivity contribution in [3.8, 4) is 0 Å². The van der Waals surface area contributed by atoms with Gasteiger partial charge < -0.3 is 5.32 Å². The third kappa shape index (κ3) is 4.48. The van der Waals surface area contributed by atoms with Gasteiger partial charge in [-0.25, -0.2) is 0 Å². The van der Waals surface area contributed by atoms with E-state index in [0.29, 0.717) is 17.2 Å². The normalized spacial score (nSPS) is 16.2. The average molecular weight is 353 g/mol. The number of hydrogen-bond donors (Lipinski definition) is 1. The van der Waals surface area contributed by atoms with Crippen molar-refractivity contribution < 1.29 is 13.2 Å². The second-order valence-electron chi connectivity index (χ2n) is 6.52. The van der Waals surface area contributed by atoms with E-state index in [2.05, 4.69) is 5.32 Å². The van der Waals surface area contributed by atoms with Crippen LogP contribution >= 0.6 is 0 Å². The molecule has 0 aliphatic heterocycles. The molecule has 0 saturated heterocycles. The predicted octanol–water partition coefficient (Wildman–Crippen LogP) is 2.24. The zero-order valence-corrected chi connectivity index (χ0v) is 15.5. The van der Waals surface area contributed by atoms with Crippen LogP contribution in [0.2, 0.25) is 0 Å². The van der Waals surface area contributed by atoms with E-state index in [1.165, 1.54) is 57.6 Å². The van der Waals surface area contributed by atoms with E-state index >= 15 is 0 Å². The fourth-order valence-electron chi connectivity index (χ4n) is 2.93. The standard InChI is InChI=1S/C17H27N3O3S/c1-19(2)24(22,23)20(3)16-11-9-15(10-12-16)17(21)18-13-14-7-5-4-6-8-14/h9-12,14H,4-8,13H2,1-3H3,(H,18,21). The van der Waals surface area contributed by atoms with Gasteiger partial charge in [0.1, 0.15) is 0 Å². The summed E-state index contributed by atoms with van der Waals surface area (Å²) in [5.41, 5.74) is 1.07. The van der Waals surface area contributed by atoms with Gasteiger partial charge in [0.15, 0.2) is 0 Å². The Morgan fingerprint density at radius 1 is 1.08 bits per heavy atom. The molecule has 0 unspecified atom stereocenters. The van der Waals surface area contributed by atoms with Gasteiger partial charge in [-0.15, -0.1) is 0 Å². The summed E-state index contributed by atoms with van der Waals surface area (Å²) in [5.74, 6) is 0.476. The molecule has 24 heavy (non-hydrogen) atoms. The molecule has 0 radical (unpaired) electrons. The summed E-state index contributed by atoms with van der Waals surface area (Å²) in [6.07, 6.45) is 6.18. The van der Waals surface area contributed by atoms with Crippen molar-refractivity contribution in [1.29, 1.82) is 0 Å². The molecule has 0 spiro atoms. The highest BCUT2D eigenvalue weighted by Gasteiger charge is 2.21. The van der Waals surface area contributed by atoms with Gasteiger partial charge in [0.2, 0.25) is 0 Å². The monoisotopic (exact) mass is 353 g/mol. The second-order valence-corrected chi connectivity index (χ2v) is 8.69. The molecule has 0 bridgehead atoms. The zero-order valence-electron chi connectivity index (χ0n) is 14.7. The number of nitrogens with zero attached hydrogens (tertiary/aromatic N) is 2. The number of benzene rings is 1. The van der Waals surface area contributed by atoms with E-state index in [1.54, 1.807) is 24.3 Å². The lowest BCUT2D eigenvalue weighted by molar-refractivity contribution is 0.0943. The Kier molecular flexibility index (Phi) is 6.23. The maximum atomic E-state index is 12.2. The van der Waals surface area contributed by atoms with Crippen LogP contribution in [0.1, 0.15) is 42.5 Å². The molecule has 7 heteroatoms. The van der Waals surface area contributed by atoms with E-state index in [9.17, 15) is 13.2 Å². The highest BCUT2D eigenvalue weighted by Crippen LogP contribution is 2.23. The molecule has 1 fully saturated rings. The van der Waals surface area contributed by atoms with Crippen LogP contribution in [-0.2, 0) is 10.2 Å². The molecule has 1 aromatic rings. The Bertz CT molecular complexity index is 650. The molecule has 2 rings (SSSR count). The summed E-state index contributed by atoms with van der Waals surface area (Å²) in [4.78, 5) is 12.2. The van der Waals surface area contributed by atoms with Crippen LogP contribution in [0.4, 0.5) is 5.69 Å². The lowest BCUT2D eigenvalue weighted by Gasteiger charge is -2.23. The van der Waals surface area contributed by atoms with Crippen LogP contribution in [0.5, 0.6) is 0 Å². The van der Waals surface area contributed by atoms with Crippen LogP contribution < -0.4 is 9.62 Å². The van der Waals surface area contributed by atoms with E-state index < -0.39 is 10.2 Å². The number of amides is 1. The highest BCUT2D eigenvalue weighted by molar-refractivity contribution is 7.90. The van der Waals surface area contributed by atoms with Crippen molar-refractivity contribution in [3.63, 3.8) is 0 Å². The SMILES string of the molecule is CN(C)S(=O)(=O)N(C)c1ccc(C(=O)NCC2CCCCC2)cc1. The van der Waals surface area contributed by atoms with Crippen LogP contribution in [0, 0.1) is 5.92 Å². The van der Waals surface area contributed by atoms with Gasteiger partial charge >= 0.3 is 10.2 Å². The second kappa shape index (κ2) is 7.98. The zero-order chi connectivity index (χ0) is 17.7. The summed E-state index contributed by atoms with van der Waals surface area (Å²) >= 11 is 0. The van der Waals surface area contributed by atoms with E-state index in [0.717, 1.165) is 10.8 Å². The highest BCUT2D eigenvalue weighted by atomic mass is 32.2. The maximum absolute atomic E-state index is 12.2. The molecule has 0 aromatic heterocycles. The van der Waals surface area contributed by atoms with E-state index in [-0.39, 0.29) is 5.91 Å². The van der Waals surface area contributed by atoms with Crippen molar-refractivity contribution in [2.24, 2.45) is 5.92 Å². The minimum absolute atomic E-state index is 0.106. The largest absolute Gasteiger partial charge is 0.352 e. The Labute approximate surface area is 145 Å². The quantitative estimate of drug-likeness (QED) is 0.853. The minimum atomic E-state index is -3.52. The first kappa shape index (κ1) is 18.7. The lowest BCUT2D eigenvalue weighted by atomic mass is 9.89. The average Bonchev–Trinajstić information content (AvgIpc) is 2.60. The summed E-state index contributed by atoms with van der Waals surface area (Å²) in [7, 11) is 0.942. The van der Waals surface area contributed by atoms with Crippen LogP contribution in [0.3, 0.4) is 0 Å². The molecule has 1 aliphatic rings. The van der Waals surface area contributed by atoms with Gasteiger partial charge in [-0.2, -0.15) is 12.7 Å². The number of rotatable bonds is 6. The fourth-order valence-corrected chi connectivity index (χ4v) is 3.81. The topological polar surface area (TPSA) is 69.7 Å². The summed E-state index contributed by atoms with van der Waals surface area (Å²) < 4.78 is 26.5. The molecule has 1 saturated carbocycles. The first-order valence-corrected chi connectivity index (χ1v) is 9.76. The smallest absolute Gasteiger partial charge is 0.303 e. The molecular formula is C17H27N3O3S. The van der Waals surface area contributed by atoms with Crippen LogP contribution in [0.25, 0.3) is 0 Å². The Hall–Kier alpha value is -1.60. The molecule has 6 nitrogen and oxygen atoms in total. The van der Waals surface area contributed by atoms with E-state index in [4.69, 9.17) is 0 Å². The third-order valence-corrected chi connectivity index (χ3v) is 6.40. The lowest BCUT2D eigenvalue weighted by Crippen LogP contribution is -2.37. The molecule has 134 valence electrons. The van der Waals surface area contributed by atoms with E-state index in [1.807, 2.05) is 0 Å². The first-order valence-electron chi connectivity index (χ1n) is 8.37. The number of anilines is 1. The molecule has 0 atom stereocenters. The number of nitrogens with one attached hydrogen (secondary N) is 1. The molecule has 1 N–H and O–H groups in total. The molecule has 1 amide bonds. The molecule has 1 aliphatic carbocycles. The van der Waals surface area contributed by atoms with Crippen molar-refractivity contribution in [2.45, 2.75) is 32.1 Å². The number of carbonyl (C=O) groups excluding carboxylic acids is 1. The van der Waals surface area contributed by atoms with Crippen molar-refractivity contribution in [1.82, 2.24) is 9.62 Å². The van der Waals surface area contributed by atoms with Gasteiger partial charge in [-0.1, -0.05) is 19.3 Å². The Balaban J connectivity index is 1.97. The Morgan fingerprint density at radius 2 is 1.67 bits per heavy atom. The first-order chi connectivity index (χ1) is 11.3. The number of hydrogen-bond acceptors (Lipinski definition) is 3. The molecule has 0 heterocycles. The third-order valence-electron chi connectivity index (χ3n) is 4.58. The molecular weight excluding hydrogens is 326 g/mol. The van der Waals surface area contributed by atoms with Crippen LogP contribution in [0.15, 0.2) is 24.3 Å². The molecule has 1 aromatic carbocycles. The predicted molar refractivity (Wildman–Crippen MR) is 96.4 cm³/mol. The maximum Gasteiger partial charge on any atom is 0.303 e. The summed E-state index contributed by atoms with van der Waals surface area (Å²) in [5, 5.41) is 2.99. The van der Waals surface area contributed by atoms with Gasteiger partial charge in [0.25, 0.3) is 5.91 Å². The minimum Gasteiger partial charge on any atom is -0.352 e. The van der Waals surface area contributed by atoms with Gasteiger partial charge in [-0.05, 0) is 43.0 Å². The fraction of sp³-hybridized carbons (Fsp3) is 0.588. The number of carbonyl (C=O) groups is 1. The van der Waals surface area contributed by atoms with Gasteiger partial charge in [0, 0.05) is 33.3 Å². The van der Waals surface area contributed by atoms with Crippen molar-refractivity contribution in [2.75, 3.05) is 32.0 Å². The van der Waals surface area contributed by atoms with Crippen LogP contribution in [-0.4, -0.2) is 46.3 Å². The van der Waals surface area contributed by atoms with Gasteiger partial charge in [0.05, 0.1) is 5.69 Å². The van der Waals surface area contributed by atoms with Crippen molar-refractivity contribution >= 4 is 21.8 Å². The summed E-state index contributed by atoms with van der Waals surface area (Å²) in [6, 6.07) is 6.62. The summed E-state index contributed by atoms with van der Waals surface area (Å²) in [6.45, 7) is 0.718.